The fourth-order valence-electron chi connectivity index (χ4n) is 0.903. The SMILES string of the molecule is Nc1ncc(F)c(NC2CC2)n1. The van der Waals surface area contributed by atoms with Gasteiger partial charge in [0.1, 0.15) is 0 Å². The lowest BCUT2D eigenvalue weighted by atomic mass is 10.5. The molecule has 0 radical (unpaired) electrons. The zero-order valence-electron chi connectivity index (χ0n) is 6.42. The molecule has 1 aliphatic carbocycles. The van der Waals surface area contributed by atoms with Crippen LogP contribution < -0.4 is 11.1 Å². The first-order valence-electron chi connectivity index (χ1n) is 3.80. The average Bonchev–Trinajstić information content (AvgIpc) is 2.81. The number of anilines is 2. The predicted octanol–water partition coefficient (Wildman–Crippen LogP) is 0.772. The van der Waals surface area contributed by atoms with Crippen LogP contribution in [0.3, 0.4) is 0 Å². The highest BCUT2D eigenvalue weighted by molar-refractivity contribution is 5.41. The zero-order valence-corrected chi connectivity index (χ0v) is 6.42. The monoisotopic (exact) mass is 168 g/mol. The maximum Gasteiger partial charge on any atom is 0.222 e. The van der Waals surface area contributed by atoms with Crippen molar-refractivity contribution in [1.29, 1.82) is 0 Å². The van der Waals surface area contributed by atoms with Gasteiger partial charge in [-0.25, -0.2) is 9.37 Å². The van der Waals surface area contributed by atoms with E-state index >= 15 is 0 Å². The van der Waals surface area contributed by atoms with Crippen LogP contribution >= 0.6 is 0 Å². The van der Waals surface area contributed by atoms with Crippen molar-refractivity contribution in [3.05, 3.63) is 12.0 Å². The Morgan fingerprint density at radius 3 is 3.00 bits per heavy atom. The quantitative estimate of drug-likeness (QED) is 0.684. The number of hydrogen-bond donors (Lipinski definition) is 2. The van der Waals surface area contributed by atoms with E-state index in [9.17, 15) is 4.39 Å². The van der Waals surface area contributed by atoms with Gasteiger partial charge in [0.25, 0.3) is 0 Å². The molecule has 0 aromatic carbocycles. The van der Waals surface area contributed by atoms with Gasteiger partial charge in [-0.2, -0.15) is 4.98 Å². The van der Waals surface area contributed by atoms with Crippen molar-refractivity contribution in [3.8, 4) is 0 Å². The van der Waals surface area contributed by atoms with Crippen molar-refractivity contribution < 1.29 is 4.39 Å². The second kappa shape index (κ2) is 2.58. The Hall–Kier alpha value is -1.39. The van der Waals surface area contributed by atoms with E-state index in [0.717, 1.165) is 19.0 Å². The molecule has 1 aliphatic rings. The number of rotatable bonds is 2. The summed E-state index contributed by atoms with van der Waals surface area (Å²) in [6.07, 6.45) is 3.22. The summed E-state index contributed by atoms with van der Waals surface area (Å²) in [5.41, 5.74) is 5.29. The molecule has 0 bridgehead atoms. The molecule has 0 atom stereocenters. The Balaban J connectivity index is 2.21. The van der Waals surface area contributed by atoms with Crippen molar-refractivity contribution in [2.45, 2.75) is 18.9 Å². The van der Waals surface area contributed by atoms with Crippen LogP contribution in [0.15, 0.2) is 6.20 Å². The van der Waals surface area contributed by atoms with E-state index in [4.69, 9.17) is 5.73 Å². The number of nitrogen functional groups attached to an aromatic ring is 1. The topological polar surface area (TPSA) is 63.8 Å². The molecule has 0 saturated heterocycles. The standard InChI is InChI=1S/C7H9FN4/c8-5-3-10-7(9)12-6(5)11-4-1-2-4/h3-4H,1-2H2,(H3,9,10,11,12). The number of aromatic nitrogens is 2. The van der Waals surface area contributed by atoms with Crippen LogP contribution in [0.5, 0.6) is 0 Å². The van der Waals surface area contributed by atoms with E-state index < -0.39 is 5.82 Å². The summed E-state index contributed by atoms with van der Waals surface area (Å²) in [5, 5.41) is 2.92. The number of nitrogens with two attached hydrogens (primary N) is 1. The van der Waals surface area contributed by atoms with E-state index in [1.165, 1.54) is 0 Å². The van der Waals surface area contributed by atoms with Crippen LogP contribution in [0, 0.1) is 5.82 Å². The van der Waals surface area contributed by atoms with Gasteiger partial charge in [0.05, 0.1) is 6.20 Å². The van der Waals surface area contributed by atoms with Gasteiger partial charge < -0.3 is 11.1 Å². The highest BCUT2D eigenvalue weighted by Crippen LogP contribution is 2.24. The van der Waals surface area contributed by atoms with Gasteiger partial charge in [0.2, 0.25) is 5.95 Å². The molecule has 12 heavy (non-hydrogen) atoms. The molecule has 64 valence electrons. The fraction of sp³-hybridized carbons (Fsp3) is 0.429. The molecule has 0 spiro atoms. The molecule has 0 aliphatic heterocycles. The number of nitrogens with one attached hydrogen (secondary N) is 1. The summed E-state index contributed by atoms with van der Waals surface area (Å²) in [6.45, 7) is 0. The van der Waals surface area contributed by atoms with E-state index in [1.807, 2.05) is 0 Å². The summed E-state index contributed by atoms with van der Waals surface area (Å²) in [6, 6.07) is 0.369. The van der Waals surface area contributed by atoms with Crippen molar-refractivity contribution in [3.63, 3.8) is 0 Å². The van der Waals surface area contributed by atoms with Gasteiger partial charge in [-0.15, -0.1) is 0 Å². The second-order valence-electron chi connectivity index (χ2n) is 2.84. The predicted molar refractivity (Wildman–Crippen MR) is 43.0 cm³/mol. The Bertz CT molecular complexity index is 297. The maximum absolute atomic E-state index is 12.9. The molecule has 1 saturated carbocycles. The van der Waals surface area contributed by atoms with Crippen LogP contribution in [0.1, 0.15) is 12.8 Å². The lowest BCUT2D eigenvalue weighted by Gasteiger charge is -2.03. The molecule has 1 aromatic heterocycles. The highest BCUT2D eigenvalue weighted by Gasteiger charge is 2.22. The average molecular weight is 168 g/mol. The Labute approximate surface area is 69.0 Å². The smallest absolute Gasteiger partial charge is 0.222 e. The van der Waals surface area contributed by atoms with Crippen LogP contribution in [-0.4, -0.2) is 16.0 Å². The molecular weight excluding hydrogens is 159 g/mol. The molecule has 0 amide bonds. The van der Waals surface area contributed by atoms with Crippen LogP contribution in [-0.2, 0) is 0 Å². The molecule has 1 heterocycles. The first-order chi connectivity index (χ1) is 5.75. The molecule has 3 N–H and O–H groups in total. The Kier molecular flexibility index (Phi) is 1.56. The van der Waals surface area contributed by atoms with Crippen LogP contribution in [0.4, 0.5) is 16.2 Å². The number of nitrogens with zero attached hydrogens (tertiary/aromatic N) is 2. The van der Waals surface area contributed by atoms with Crippen LogP contribution in [0.25, 0.3) is 0 Å². The third-order valence-electron chi connectivity index (χ3n) is 1.68. The molecule has 2 rings (SSSR count). The van der Waals surface area contributed by atoms with E-state index in [2.05, 4.69) is 15.3 Å². The molecule has 5 heteroatoms. The maximum atomic E-state index is 12.9. The van der Waals surface area contributed by atoms with Crippen molar-refractivity contribution >= 4 is 11.8 Å². The van der Waals surface area contributed by atoms with Gasteiger partial charge in [-0.3, -0.25) is 0 Å². The molecule has 1 aromatic rings. The summed E-state index contributed by atoms with van der Waals surface area (Å²) in [4.78, 5) is 7.25. The number of hydrogen-bond acceptors (Lipinski definition) is 4. The van der Waals surface area contributed by atoms with E-state index in [0.29, 0.717) is 6.04 Å². The van der Waals surface area contributed by atoms with Gasteiger partial charge in [-0.05, 0) is 12.8 Å². The minimum absolute atomic E-state index is 0.0968. The van der Waals surface area contributed by atoms with Crippen LogP contribution in [0.2, 0.25) is 0 Å². The van der Waals surface area contributed by atoms with Gasteiger partial charge in [-0.1, -0.05) is 0 Å². The largest absolute Gasteiger partial charge is 0.368 e. The summed E-state index contributed by atoms with van der Waals surface area (Å²) in [7, 11) is 0. The first-order valence-corrected chi connectivity index (χ1v) is 3.80. The molecular formula is C7H9FN4. The minimum atomic E-state index is -0.448. The van der Waals surface area contributed by atoms with Crippen molar-refractivity contribution in [2.24, 2.45) is 0 Å². The van der Waals surface area contributed by atoms with Crippen molar-refractivity contribution in [1.82, 2.24) is 9.97 Å². The molecule has 0 unspecified atom stereocenters. The zero-order chi connectivity index (χ0) is 8.55. The first kappa shape index (κ1) is 7.27. The summed E-state index contributed by atoms with van der Waals surface area (Å²) >= 11 is 0. The lowest BCUT2D eigenvalue weighted by Crippen LogP contribution is -2.07. The molecule has 1 fully saturated rings. The van der Waals surface area contributed by atoms with Crippen molar-refractivity contribution in [2.75, 3.05) is 11.1 Å². The Morgan fingerprint density at radius 2 is 2.33 bits per heavy atom. The van der Waals surface area contributed by atoms with E-state index in [-0.39, 0.29) is 11.8 Å². The van der Waals surface area contributed by atoms with E-state index in [1.54, 1.807) is 0 Å². The molecule has 4 nitrogen and oxygen atoms in total. The summed E-state index contributed by atoms with van der Waals surface area (Å²) < 4.78 is 12.9. The number of halogens is 1. The third kappa shape index (κ3) is 1.44. The van der Waals surface area contributed by atoms with Gasteiger partial charge in [0, 0.05) is 6.04 Å². The van der Waals surface area contributed by atoms with Gasteiger partial charge >= 0.3 is 0 Å². The normalized spacial score (nSPS) is 16.1. The fourth-order valence-corrected chi connectivity index (χ4v) is 0.903. The third-order valence-corrected chi connectivity index (χ3v) is 1.68. The summed E-state index contributed by atoms with van der Waals surface area (Å²) in [5.74, 6) is -0.138. The highest BCUT2D eigenvalue weighted by atomic mass is 19.1. The van der Waals surface area contributed by atoms with Gasteiger partial charge in [0.15, 0.2) is 11.6 Å². The minimum Gasteiger partial charge on any atom is -0.368 e. The Morgan fingerprint density at radius 1 is 1.58 bits per heavy atom. The second-order valence-corrected chi connectivity index (χ2v) is 2.84. The lowest BCUT2D eigenvalue weighted by molar-refractivity contribution is 0.617.